The van der Waals surface area contributed by atoms with E-state index in [9.17, 15) is 14.4 Å². The molecular weight excluding hydrogens is 296 g/mol. The molecule has 23 heavy (non-hydrogen) atoms. The second kappa shape index (κ2) is 8.92. The first-order chi connectivity index (χ1) is 10.9. The van der Waals surface area contributed by atoms with Crippen LogP contribution in [0.25, 0.3) is 0 Å². The summed E-state index contributed by atoms with van der Waals surface area (Å²) in [4.78, 5) is 37.3. The van der Waals surface area contributed by atoms with Crippen molar-refractivity contribution < 1.29 is 19.1 Å². The number of hydrogen-bond acceptors (Lipinski definition) is 4. The molecule has 0 saturated carbocycles. The molecule has 126 valence electrons. The first kappa shape index (κ1) is 18.7. The topological polar surface area (TPSA) is 75.7 Å². The van der Waals surface area contributed by atoms with Gasteiger partial charge >= 0.3 is 5.97 Å². The van der Waals surface area contributed by atoms with Crippen LogP contribution >= 0.6 is 0 Å². The Kier molecular flexibility index (Phi) is 7.25. The molecule has 6 nitrogen and oxygen atoms in total. The van der Waals surface area contributed by atoms with Crippen molar-refractivity contribution in [3.05, 3.63) is 29.8 Å². The lowest BCUT2D eigenvalue weighted by atomic mass is 10.1. The highest BCUT2D eigenvalue weighted by Crippen LogP contribution is 2.21. The lowest BCUT2D eigenvalue weighted by Gasteiger charge is -2.23. The van der Waals surface area contributed by atoms with Gasteiger partial charge in [-0.1, -0.05) is 26.0 Å². The monoisotopic (exact) mass is 320 g/mol. The number of carbonyl (C=O) groups excluding carboxylic acids is 3. The molecule has 0 atom stereocenters. The van der Waals surface area contributed by atoms with E-state index in [0.29, 0.717) is 18.2 Å². The third kappa shape index (κ3) is 5.73. The number of benzene rings is 1. The summed E-state index contributed by atoms with van der Waals surface area (Å²) in [5.41, 5.74) is 0.638. The van der Waals surface area contributed by atoms with Crippen molar-refractivity contribution in [1.82, 2.24) is 5.32 Å². The summed E-state index contributed by atoms with van der Waals surface area (Å²) < 4.78 is 5.00. The Morgan fingerprint density at radius 1 is 1.22 bits per heavy atom. The zero-order valence-corrected chi connectivity index (χ0v) is 14.1. The number of anilines is 1. The molecule has 0 radical (unpaired) electrons. The average molecular weight is 320 g/mol. The number of nitrogens with one attached hydrogen (secondary N) is 1. The summed E-state index contributed by atoms with van der Waals surface area (Å²) in [5.74, 6) is -0.789. The maximum Gasteiger partial charge on any atom is 0.340 e. The summed E-state index contributed by atoms with van der Waals surface area (Å²) in [6.07, 6.45) is 0. The van der Waals surface area contributed by atoms with Crippen LogP contribution in [0.5, 0.6) is 0 Å². The van der Waals surface area contributed by atoms with Gasteiger partial charge in [0.05, 0.1) is 17.9 Å². The van der Waals surface area contributed by atoms with Crippen molar-refractivity contribution in [2.24, 2.45) is 5.92 Å². The number of nitrogens with zero attached hydrogens (tertiary/aromatic N) is 1. The molecule has 6 heteroatoms. The molecule has 0 aliphatic heterocycles. The summed E-state index contributed by atoms with van der Waals surface area (Å²) >= 11 is 0. The van der Waals surface area contributed by atoms with E-state index in [1.807, 2.05) is 13.8 Å². The molecule has 0 spiro atoms. The summed E-state index contributed by atoms with van der Waals surface area (Å²) in [6.45, 7) is 7.67. The largest absolute Gasteiger partial charge is 0.462 e. The highest BCUT2D eigenvalue weighted by molar-refractivity contribution is 6.04. The molecule has 1 N–H and O–H groups in total. The Morgan fingerprint density at radius 2 is 1.87 bits per heavy atom. The van der Waals surface area contributed by atoms with Crippen LogP contribution < -0.4 is 10.2 Å². The lowest BCUT2D eigenvalue weighted by Crippen LogP contribution is -2.41. The van der Waals surface area contributed by atoms with E-state index >= 15 is 0 Å². The predicted molar refractivity (Wildman–Crippen MR) is 88.3 cm³/mol. The summed E-state index contributed by atoms with van der Waals surface area (Å²) in [7, 11) is 0. The number of para-hydroxylation sites is 1. The molecule has 1 aromatic carbocycles. The zero-order valence-electron chi connectivity index (χ0n) is 14.1. The third-order valence-electron chi connectivity index (χ3n) is 3.08. The minimum Gasteiger partial charge on any atom is -0.462 e. The number of ether oxygens (including phenoxy) is 1. The predicted octanol–water partition coefficient (Wildman–Crippen LogP) is 1.99. The third-order valence-corrected chi connectivity index (χ3v) is 3.08. The van der Waals surface area contributed by atoms with Crippen molar-refractivity contribution in [2.75, 3.05) is 24.6 Å². The zero-order chi connectivity index (χ0) is 17.4. The maximum atomic E-state index is 12.0. The van der Waals surface area contributed by atoms with Crippen molar-refractivity contribution in [1.29, 1.82) is 0 Å². The number of esters is 1. The second-order valence-electron chi connectivity index (χ2n) is 5.54. The average Bonchev–Trinajstić information content (AvgIpc) is 2.50. The van der Waals surface area contributed by atoms with Gasteiger partial charge in [-0.15, -0.1) is 0 Å². The van der Waals surface area contributed by atoms with E-state index < -0.39 is 5.97 Å². The molecule has 1 rings (SSSR count). The number of amides is 2. The Balaban J connectivity index is 3.00. The fourth-order valence-corrected chi connectivity index (χ4v) is 1.97. The van der Waals surface area contributed by atoms with Gasteiger partial charge in [-0.25, -0.2) is 4.79 Å². The van der Waals surface area contributed by atoms with E-state index in [2.05, 4.69) is 5.32 Å². The summed E-state index contributed by atoms with van der Waals surface area (Å²) in [6, 6.07) is 6.60. The molecule has 1 aromatic rings. The van der Waals surface area contributed by atoms with E-state index in [4.69, 9.17) is 4.74 Å². The van der Waals surface area contributed by atoms with Crippen LogP contribution in [0, 0.1) is 5.92 Å². The Bertz CT molecular complexity index is 569. The second-order valence-corrected chi connectivity index (χ2v) is 5.54. The van der Waals surface area contributed by atoms with Crippen LogP contribution in [0.1, 0.15) is 38.1 Å². The molecule has 0 aromatic heterocycles. The minimum absolute atomic E-state index is 0.140. The Morgan fingerprint density at radius 3 is 2.43 bits per heavy atom. The number of rotatable bonds is 7. The smallest absolute Gasteiger partial charge is 0.340 e. The lowest BCUT2D eigenvalue weighted by molar-refractivity contribution is -0.123. The van der Waals surface area contributed by atoms with Crippen molar-refractivity contribution in [3.8, 4) is 0 Å². The molecule has 0 aliphatic carbocycles. The quantitative estimate of drug-likeness (QED) is 0.780. The normalized spacial score (nSPS) is 10.3. The first-order valence-corrected chi connectivity index (χ1v) is 7.67. The fourth-order valence-electron chi connectivity index (χ4n) is 1.97. The van der Waals surface area contributed by atoms with Gasteiger partial charge in [0.1, 0.15) is 6.54 Å². The highest BCUT2D eigenvalue weighted by atomic mass is 16.5. The van der Waals surface area contributed by atoms with Crippen LogP contribution in [-0.4, -0.2) is 37.5 Å². The SMILES string of the molecule is CCOC(=O)c1ccccc1N(CC(=O)NCC(C)C)C(C)=O. The standard InChI is InChI=1S/C17H24N2O4/c1-5-23-17(22)14-8-6-7-9-15(14)19(13(4)20)11-16(21)18-10-12(2)3/h6-9,12H,5,10-11H2,1-4H3,(H,18,21). The van der Waals surface area contributed by atoms with E-state index in [1.165, 1.54) is 11.8 Å². The van der Waals surface area contributed by atoms with Crippen LogP contribution in [0.2, 0.25) is 0 Å². The summed E-state index contributed by atoms with van der Waals surface area (Å²) in [5, 5.41) is 2.76. The number of hydrogen-bond donors (Lipinski definition) is 1. The van der Waals surface area contributed by atoms with E-state index in [-0.39, 0.29) is 30.5 Å². The Labute approximate surface area is 136 Å². The van der Waals surface area contributed by atoms with Gasteiger partial charge in [0.2, 0.25) is 11.8 Å². The highest BCUT2D eigenvalue weighted by Gasteiger charge is 2.22. The molecule has 2 amide bonds. The van der Waals surface area contributed by atoms with Crippen molar-refractivity contribution in [2.45, 2.75) is 27.7 Å². The van der Waals surface area contributed by atoms with Gasteiger partial charge in [-0.3, -0.25) is 9.59 Å². The van der Waals surface area contributed by atoms with Crippen molar-refractivity contribution >= 4 is 23.5 Å². The molecule has 0 heterocycles. The van der Waals surface area contributed by atoms with Gasteiger partial charge in [-0.2, -0.15) is 0 Å². The van der Waals surface area contributed by atoms with Crippen LogP contribution in [0.3, 0.4) is 0 Å². The van der Waals surface area contributed by atoms with Gasteiger partial charge in [-0.05, 0) is 25.0 Å². The number of carbonyl (C=O) groups is 3. The molecular formula is C17H24N2O4. The first-order valence-electron chi connectivity index (χ1n) is 7.67. The van der Waals surface area contributed by atoms with Gasteiger partial charge in [0.15, 0.2) is 0 Å². The van der Waals surface area contributed by atoms with E-state index in [0.717, 1.165) is 0 Å². The van der Waals surface area contributed by atoms with Crippen LogP contribution in [-0.2, 0) is 14.3 Å². The van der Waals surface area contributed by atoms with Crippen molar-refractivity contribution in [3.63, 3.8) is 0 Å². The maximum absolute atomic E-state index is 12.0. The Hall–Kier alpha value is -2.37. The molecule has 0 saturated heterocycles. The van der Waals surface area contributed by atoms with Gasteiger partial charge in [0.25, 0.3) is 0 Å². The molecule has 0 aliphatic rings. The fraction of sp³-hybridized carbons (Fsp3) is 0.471. The van der Waals surface area contributed by atoms with E-state index in [1.54, 1.807) is 31.2 Å². The van der Waals surface area contributed by atoms with Gasteiger partial charge in [0, 0.05) is 13.5 Å². The molecule has 0 bridgehead atoms. The van der Waals surface area contributed by atoms with Gasteiger partial charge < -0.3 is 15.0 Å². The minimum atomic E-state index is -0.517. The van der Waals surface area contributed by atoms with Crippen LogP contribution in [0.15, 0.2) is 24.3 Å². The molecule has 0 fully saturated rings. The molecule has 0 unspecified atom stereocenters. The van der Waals surface area contributed by atoms with Crippen LogP contribution in [0.4, 0.5) is 5.69 Å².